The molecule has 1 aliphatic heterocycles. The zero-order chi connectivity index (χ0) is 17.3. The first-order valence-electron chi connectivity index (χ1n) is 9.14. The van der Waals surface area contributed by atoms with E-state index in [-0.39, 0.29) is 24.0 Å². The van der Waals surface area contributed by atoms with E-state index in [2.05, 4.69) is 75.4 Å². The van der Waals surface area contributed by atoms with Crippen LogP contribution in [0, 0.1) is 0 Å². The highest BCUT2D eigenvalue weighted by Crippen LogP contribution is 2.37. The molecule has 1 heterocycles. The maximum absolute atomic E-state index is 2.43. The summed E-state index contributed by atoms with van der Waals surface area (Å²) < 4.78 is 1.18. The lowest BCUT2D eigenvalue weighted by molar-refractivity contribution is -0.926. The quantitative estimate of drug-likeness (QED) is 0.506. The summed E-state index contributed by atoms with van der Waals surface area (Å²) in [5, 5.41) is 2.80. The average Bonchev–Trinajstić information content (AvgIpc) is 2.54. The fraction of sp³-hybridized carbons (Fsp3) is 0.524. The number of hydrogen-bond acceptors (Lipinski definition) is 2. The van der Waals surface area contributed by atoms with Gasteiger partial charge in [-0.25, -0.2) is 0 Å². The SMILES string of the molecule is CN(C)c1cccc2c(C[N+]3(C)CCCCC3)ccc(N(C)C)c12.[I-]. The first kappa shape index (κ1) is 20.3. The summed E-state index contributed by atoms with van der Waals surface area (Å²) >= 11 is 0. The van der Waals surface area contributed by atoms with Crippen molar-refractivity contribution in [2.24, 2.45) is 0 Å². The molecule has 0 N–H and O–H groups in total. The summed E-state index contributed by atoms with van der Waals surface area (Å²) in [6.45, 7) is 3.76. The molecule has 0 bridgehead atoms. The van der Waals surface area contributed by atoms with Crippen LogP contribution in [0.25, 0.3) is 10.8 Å². The van der Waals surface area contributed by atoms with Gasteiger partial charge in [0.25, 0.3) is 0 Å². The van der Waals surface area contributed by atoms with Gasteiger partial charge in [-0.2, -0.15) is 0 Å². The van der Waals surface area contributed by atoms with Crippen LogP contribution in [0.15, 0.2) is 30.3 Å². The number of quaternary nitrogens is 1. The fourth-order valence-corrected chi connectivity index (χ4v) is 4.16. The third-order valence-electron chi connectivity index (χ3n) is 5.50. The monoisotopic (exact) mass is 453 g/mol. The Balaban J connectivity index is 0.00000225. The van der Waals surface area contributed by atoms with Crippen LogP contribution in [-0.2, 0) is 6.54 Å². The van der Waals surface area contributed by atoms with E-state index in [1.54, 1.807) is 0 Å². The molecule has 4 heteroatoms. The summed E-state index contributed by atoms with van der Waals surface area (Å²) in [5.74, 6) is 0. The molecule has 0 radical (unpaired) electrons. The largest absolute Gasteiger partial charge is 1.00 e. The van der Waals surface area contributed by atoms with Gasteiger partial charge in [0.05, 0.1) is 20.1 Å². The maximum atomic E-state index is 2.43. The Labute approximate surface area is 170 Å². The van der Waals surface area contributed by atoms with E-state index < -0.39 is 0 Å². The van der Waals surface area contributed by atoms with Gasteiger partial charge < -0.3 is 38.3 Å². The molecule has 0 amide bonds. The minimum Gasteiger partial charge on any atom is -1.00 e. The zero-order valence-corrected chi connectivity index (χ0v) is 18.5. The Morgan fingerprint density at radius 2 is 1.44 bits per heavy atom. The van der Waals surface area contributed by atoms with Crippen molar-refractivity contribution in [2.75, 3.05) is 58.1 Å². The number of benzene rings is 2. The summed E-state index contributed by atoms with van der Waals surface area (Å²) in [6, 6.07) is 11.4. The van der Waals surface area contributed by atoms with Crippen LogP contribution in [0.5, 0.6) is 0 Å². The first-order chi connectivity index (χ1) is 11.4. The first-order valence-corrected chi connectivity index (χ1v) is 9.14. The van der Waals surface area contributed by atoms with E-state index in [1.807, 2.05) is 0 Å². The van der Waals surface area contributed by atoms with Gasteiger partial charge in [-0.15, -0.1) is 0 Å². The maximum Gasteiger partial charge on any atom is 0.105 e. The molecule has 0 unspecified atom stereocenters. The molecule has 0 aromatic heterocycles. The highest BCUT2D eigenvalue weighted by atomic mass is 127. The number of piperidine rings is 1. The number of likely N-dealkylation sites (tertiary alicyclic amines) is 1. The number of hydrogen-bond donors (Lipinski definition) is 0. The van der Waals surface area contributed by atoms with Gasteiger partial charge in [-0.05, 0) is 36.8 Å². The molecule has 138 valence electrons. The van der Waals surface area contributed by atoms with Gasteiger partial charge in [0.1, 0.15) is 6.54 Å². The number of halogens is 1. The summed E-state index contributed by atoms with van der Waals surface area (Å²) in [7, 11) is 11.0. The summed E-state index contributed by atoms with van der Waals surface area (Å²) in [5.41, 5.74) is 4.10. The van der Waals surface area contributed by atoms with Crippen LogP contribution in [0.1, 0.15) is 24.8 Å². The predicted octanol–water partition coefficient (Wildman–Crippen LogP) is 1.11. The topological polar surface area (TPSA) is 6.48 Å². The van der Waals surface area contributed by atoms with Crippen molar-refractivity contribution in [3.63, 3.8) is 0 Å². The van der Waals surface area contributed by atoms with Crippen molar-refractivity contribution < 1.29 is 28.5 Å². The average molecular weight is 453 g/mol. The molecule has 0 aliphatic carbocycles. The van der Waals surface area contributed by atoms with Crippen molar-refractivity contribution in [3.05, 3.63) is 35.9 Å². The molecule has 2 aromatic rings. The molecule has 3 rings (SSSR count). The second kappa shape index (κ2) is 8.12. The van der Waals surface area contributed by atoms with Gasteiger partial charge >= 0.3 is 0 Å². The molecule has 0 saturated carbocycles. The van der Waals surface area contributed by atoms with E-state index in [4.69, 9.17) is 0 Å². The molecule has 2 aromatic carbocycles. The zero-order valence-electron chi connectivity index (χ0n) is 16.3. The van der Waals surface area contributed by atoms with Crippen molar-refractivity contribution in [1.29, 1.82) is 0 Å². The second-order valence-corrected chi connectivity index (χ2v) is 8.02. The standard InChI is InChI=1S/C21H32N3.HI/c1-22(2)19-11-9-10-18-17(12-13-20(21(18)19)23(3)4)16-24(5)14-7-6-8-15-24;/h9-13H,6-8,14-16H2,1-5H3;1H/q+1;/p-1. The molecular formula is C21H32IN3. The highest BCUT2D eigenvalue weighted by Gasteiger charge is 2.26. The van der Waals surface area contributed by atoms with Crippen molar-refractivity contribution in [3.8, 4) is 0 Å². The number of rotatable bonds is 4. The van der Waals surface area contributed by atoms with Gasteiger partial charge in [-0.3, -0.25) is 0 Å². The lowest BCUT2D eigenvalue weighted by Crippen LogP contribution is -3.00. The van der Waals surface area contributed by atoms with Crippen molar-refractivity contribution in [2.45, 2.75) is 25.8 Å². The molecule has 1 aliphatic rings. The molecule has 1 fully saturated rings. The third-order valence-corrected chi connectivity index (χ3v) is 5.50. The molecule has 1 saturated heterocycles. The highest BCUT2D eigenvalue weighted by molar-refractivity contribution is 6.05. The number of anilines is 2. The molecule has 25 heavy (non-hydrogen) atoms. The lowest BCUT2D eigenvalue weighted by atomic mass is 9.98. The van der Waals surface area contributed by atoms with E-state index in [1.165, 1.54) is 64.5 Å². The second-order valence-electron chi connectivity index (χ2n) is 8.02. The van der Waals surface area contributed by atoms with Gasteiger partial charge in [0, 0.05) is 50.5 Å². The lowest BCUT2D eigenvalue weighted by Gasteiger charge is -2.38. The van der Waals surface area contributed by atoms with Crippen LogP contribution in [0.2, 0.25) is 0 Å². The van der Waals surface area contributed by atoms with Gasteiger partial charge in [-0.1, -0.05) is 18.2 Å². The van der Waals surface area contributed by atoms with Crippen LogP contribution >= 0.6 is 0 Å². The number of nitrogens with zero attached hydrogens (tertiary/aromatic N) is 3. The predicted molar refractivity (Wildman–Crippen MR) is 106 cm³/mol. The van der Waals surface area contributed by atoms with E-state index >= 15 is 0 Å². The van der Waals surface area contributed by atoms with Gasteiger partial charge in [0.2, 0.25) is 0 Å². The van der Waals surface area contributed by atoms with Gasteiger partial charge in [0.15, 0.2) is 0 Å². The van der Waals surface area contributed by atoms with E-state index in [0.29, 0.717) is 0 Å². The molecule has 0 atom stereocenters. The molecule has 0 spiro atoms. The van der Waals surface area contributed by atoms with E-state index in [0.717, 1.165) is 6.54 Å². The normalized spacial score (nSPS) is 16.4. The Morgan fingerprint density at radius 3 is 2.04 bits per heavy atom. The number of fused-ring (bicyclic) bond motifs is 1. The summed E-state index contributed by atoms with van der Waals surface area (Å²) in [4.78, 5) is 4.46. The smallest absolute Gasteiger partial charge is 0.105 e. The Morgan fingerprint density at radius 1 is 0.840 bits per heavy atom. The van der Waals surface area contributed by atoms with Crippen LogP contribution in [0.3, 0.4) is 0 Å². The van der Waals surface area contributed by atoms with Crippen LogP contribution in [0.4, 0.5) is 11.4 Å². The Kier molecular flexibility index (Phi) is 6.60. The van der Waals surface area contributed by atoms with Crippen molar-refractivity contribution >= 4 is 22.1 Å². The van der Waals surface area contributed by atoms with E-state index in [9.17, 15) is 0 Å². The van der Waals surface area contributed by atoms with Crippen LogP contribution < -0.4 is 33.8 Å². The minimum absolute atomic E-state index is 0. The fourth-order valence-electron chi connectivity index (χ4n) is 4.16. The van der Waals surface area contributed by atoms with Crippen LogP contribution in [-0.4, -0.2) is 52.8 Å². The molecule has 3 nitrogen and oxygen atoms in total. The summed E-state index contributed by atoms with van der Waals surface area (Å²) in [6.07, 6.45) is 4.14. The Bertz CT molecular complexity index is 704. The Hall–Kier alpha value is -1.01. The molecular weight excluding hydrogens is 421 g/mol. The van der Waals surface area contributed by atoms with Crippen molar-refractivity contribution in [1.82, 2.24) is 0 Å². The third kappa shape index (κ3) is 4.22. The minimum atomic E-state index is 0.